The van der Waals surface area contributed by atoms with Gasteiger partial charge in [-0.1, -0.05) is 18.2 Å². The second-order valence-corrected chi connectivity index (χ2v) is 8.81. The Balaban J connectivity index is 1.38. The molecule has 0 saturated carbocycles. The normalized spacial score (nSPS) is 24.1. The highest BCUT2D eigenvalue weighted by Crippen LogP contribution is 2.33. The maximum atomic E-state index is 12.9. The highest BCUT2D eigenvalue weighted by Gasteiger charge is 2.44. The lowest BCUT2D eigenvalue weighted by Crippen LogP contribution is -2.60. The van der Waals surface area contributed by atoms with Crippen LogP contribution >= 0.6 is 0 Å². The van der Waals surface area contributed by atoms with Crippen molar-refractivity contribution in [2.45, 2.75) is 30.6 Å². The van der Waals surface area contributed by atoms with Crippen molar-refractivity contribution in [3.63, 3.8) is 0 Å². The van der Waals surface area contributed by atoms with E-state index in [0.29, 0.717) is 26.1 Å². The summed E-state index contributed by atoms with van der Waals surface area (Å²) in [6.07, 6.45) is 2.10. The van der Waals surface area contributed by atoms with Crippen LogP contribution in [0.4, 0.5) is 5.69 Å². The van der Waals surface area contributed by atoms with Crippen molar-refractivity contribution in [1.82, 2.24) is 15.8 Å². The van der Waals surface area contributed by atoms with Crippen molar-refractivity contribution in [1.29, 1.82) is 0 Å². The molecule has 1 amide bonds. The predicted molar refractivity (Wildman–Crippen MR) is 90.9 cm³/mol. The van der Waals surface area contributed by atoms with Crippen LogP contribution < -0.4 is 15.2 Å². The third-order valence-electron chi connectivity index (χ3n) is 5.12. The van der Waals surface area contributed by atoms with E-state index in [4.69, 9.17) is 0 Å². The summed E-state index contributed by atoms with van der Waals surface area (Å²) >= 11 is 0. The third kappa shape index (κ3) is 2.68. The van der Waals surface area contributed by atoms with Gasteiger partial charge in [-0.05, 0) is 24.5 Å². The Morgan fingerprint density at radius 1 is 1.25 bits per heavy atom. The number of hydrogen-bond donors (Lipinski definition) is 2. The van der Waals surface area contributed by atoms with E-state index in [1.807, 2.05) is 24.3 Å². The molecule has 2 N–H and O–H groups in total. The van der Waals surface area contributed by atoms with E-state index in [-0.39, 0.29) is 11.9 Å². The predicted octanol–water partition coefficient (Wildman–Crippen LogP) is -0.154. The second-order valence-electron chi connectivity index (χ2n) is 6.68. The van der Waals surface area contributed by atoms with Crippen LogP contribution in [0.15, 0.2) is 24.3 Å². The van der Waals surface area contributed by atoms with Crippen LogP contribution in [0.25, 0.3) is 0 Å². The van der Waals surface area contributed by atoms with E-state index in [0.717, 1.165) is 30.6 Å². The van der Waals surface area contributed by atoms with E-state index < -0.39 is 15.3 Å². The van der Waals surface area contributed by atoms with Gasteiger partial charge in [0.1, 0.15) is 5.25 Å². The summed E-state index contributed by atoms with van der Waals surface area (Å²) in [6.45, 7) is 1.98. The summed E-state index contributed by atoms with van der Waals surface area (Å²) in [7, 11) is -3.40. The zero-order valence-corrected chi connectivity index (χ0v) is 14.3. The van der Waals surface area contributed by atoms with E-state index in [1.165, 1.54) is 4.31 Å². The van der Waals surface area contributed by atoms with Gasteiger partial charge in [0.05, 0.1) is 5.69 Å². The number of carbonyl (C=O) groups excluding carboxylic acids is 1. The van der Waals surface area contributed by atoms with Crippen molar-refractivity contribution in [2.75, 3.05) is 30.5 Å². The number of fused-ring (bicyclic) bond motifs is 1. The number of sulfonamides is 1. The highest BCUT2D eigenvalue weighted by atomic mass is 32.2. The number of rotatable bonds is 4. The lowest BCUT2D eigenvalue weighted by molar-refractivity contribution is -0.134. The molecule has 2 saturated heterocycles. The van der Waals surface area contributed by atoms with Crippen LogP contribution in [0.3, 0.4) is 0 Å². The third-order valence-corrected chi connectivity index (χ3v) is 7.25. The molecule has 1 unspecified atom stereocenters. The smallest absolute Gasteiger partial charge is 0.241 e. The fourth-order valence-corrected chi connectivity index (χ4v) is 5.51. The SMILES string of the molecule is O=C(CC1CCNN1)N1CC(S(=O)(=O)N2CCc3ccccc32)C1. The molecule has 0 radical (unpaired) electrons. The first kappa shape index (κ1) is 15.9. The van der Waals surface area contributed by atoms with Crippen LogP contribution in [0, 0.1) is 0 Å². The Labute approximate surface area is 142 Å². The number of carbonyl (C=O) groups is 1. The summed E-state index contributed by atoms with van der Waals surface area (Å²) in [5, 5.41) is -0.484. The number of hydrazine groups is 1. The number of hydrogen-bond acceptors (Lipinski definition) is 5. The number of benzene rings is 1. The van der Waals surface area contributed by atoms with Crippen molar-refractivity contribution in [3.8, 4) is 0 Å². The van der Waals surface area contributed by atoms with Crippen LogP contribution in [0.1, 0.15) is 18.4 Å². The van der Waals surface area contributed by atoms with Gasteiger partial charge in [0, 0.05) is 38.6 Å². The van der Waals surface area contributed by atoms with E-state index >= 15 is 0 Å². The van der Waals surface area contributed by atoms with Gasteiger partial charge in [-0.25, -0.2) is 8.42 Å². The van der Waals surface area contributed by atoms with Crippen LogP contribution in [0.2, 0.25) is 0 Å². The molecule has 3 aliphatic rings. The van der Waals surface area contributed by atoms with Gasteiger partial charge in [-0.3, -0.25) is 20.0 Å². The highest BCUT2D eigenvalue weighted by molar-refractivity contribution is 7.93. The van der Waals surface area contributed by atoms with Gasteiger partial charge >= 0.3 is 0 Å². The first-order chi connectivity index (χ1) is 11.6. The average Bonchev–Trinajstić information content (AvgIpc) is 3.14. The number of nitrogens with one attached hydrogen (secondary N) is 2. The number of anilines is 1. The number of amides is 1. The Bertz CT molecular complexity index is 739. The molecule has 3 aliphatic heterocycles. The summed E-state index contributed by atoms with van der Waals surface area (Å²) in [4.78, 5) is 13.9. The standard InChI is InChI=1S/C16H22N4O3S/c21-16(9-13-5-7-17-18-13)19-10-14(11-19)24(22,23)20-8-6-12-3-1-2-4-15(12)20/h1-4,13-14,17-18H,5-11H2. The van der Waals surface area contributed by atoms with E-state index in [9.17, 15) is 13.2 Å². The molecule has 1 aromatic carbocycles. The van der Waals surface area contributed by atoms with E-state index in [2.05, 4.69) is 10.9 Å². The average molecular weight is 350 g/mol. The molecular formula is C16H22N4O3S. The maximum absolute atomic E-state index is 12.9. The monoisotopic (exact) mass is 350 g/mol. The topological polar surface area (TPSA) is 81.8 Å². The van der Waals surface area contributed by atoms with Gasteiger partial charge in [0.2, 0.25) is 15.9 Å². The van der Waals surface area contributed by atoms with Crippen molar-refractivity contribution in [3.05, 3.63) is 29.8 Å². The largest absolute Gasteiger partial charge is 0.340 e. The van der Waals surface area contributed by atoms with Crippen molar-refractivity contribution in [2.24, 2.45) is 0 Å². The van der Waals surface area contributed by atoms with E-state index in [1.54, 1.807) is 4.90 Å². The molecule has 4 rings (SSSR count). The molecule has 1 aromatic rings. The maximum Gasteiger partial charge on any atom is 0.241 e. The molecule has 2 fully saturated rings. The molecular weight excluding hydrogens is 328 g/mol. The Morgan fingerprint density at radius 2 is 2.04 bits per heavy atom. The number of para-hydroxylation sites is 1. The molecule has 3 heterocycles. The summed E-state index contributed by atoms with van der Waals surface area (Å²) in [6, 6.07) is 7.79. The lowest BCUT2D eigenvalue weighted by atomic mass is 10.1. The Morgan fingerprint density at radius 3 is 2.79 bits per heavy atom. The zero-order chi connectivity index (χ0) is 16.7. The van der Waals surface area contributed by atoms with Crippen molar-refractivity contribution < 1.29 is 13.2 Å². The summed E-state index contributed by atoms with van der Waals surface area (Å²) < 4.78 is 27.2. The number of likely N-dealkylation sites (tertiary alicyclic amines) is 1. The molecule has 1 atom stereocenters. The molecule has 0 spiro atoms. The Kier molecular flexibility index (Phi) is 3.98. The zero-order valence-electron chi connectivity index (χ0n) is 13.4. The Hall–Kier alpha value is -1.64. The first-order valence-corrected chi connectivity index (χ1v) is 9.91. The quantitative estimate of drug-likeness (QED) is 0.789. The summed E-state index contributed by atoms with van der Waals surface area (Å²) in [5.74, 6) is 0.0319. The van der Waals surface area contributed by atoms with Gasteiger partial charge in [-0.15, -0.1) is 0 Å². The van der Waals surface area contributed by atoms with Gasteiger partial charge in [0.25, 0.3) is 0 Å². The number of nitrogens with zero attached hydrogens (tertiary/aromatic N) is 2. The minimum absolute atomic E-state index is 0.0319. The fraction of sp³-hybridized carbons (Fsp3) is 0.562. The molecule has 24 heavy (non-hydrogen) atoms. The molecule has 7 nitrogen and oxygen atoms in total. The minimum Gasteiger partial charge on any atom is -0.340 e. The van der Waals surface area contributed by atoms with Gasteiger partial charge in [0.15, 0.2) is 0 Å². The van der Waals surface area contributed by atoms with Crippen LogP contribution in [-0.4, -0.2) is 56.7 Å². The van der Waals surface area contributed by atoms with Crippen LogP contribution in [0.5, 0.6) is 0 Å². The molecule has 0 bridgehead atoms. The fourth-order valence-electron chi connectivity index (χ4n) is 3.61. The van der Waals surface area contributed by atoms with Crippen LogP contribution in [-0.2, 0) is 21.2 Å². The molecule has 0 aromatic heterocycles. The van der Waals surface area contributed by atoms with Crippen molar-refractivity contribution >= 4 is 21.6 Å². The summed E-state index contributed by atoms with van der Waals surface area (Å²) in [5.41, 5.74) is 7.94. The first-order valence-electron chi connectivity index (χ1n) is 8.41. The molecule has 8 heteroatoms. The molecule has 0 aliphatic carbocycles. The van der Waals surface area contributed by atoms with Gasteiger partial charge < -0.3 is 4.90 Å². The minimum atomic E-state index is -3.40. The molecule has 130 valence electrons. The van der Waals surface area contributed by atoms with Gasteiger partial charge in [-0.2, -0.15) is 0 Å². The lowest BCUT2D eigenvalue weighted by Gasteiger charge is -2.41. The second kappa shape index (κ2) is 6.02.